The minimum atomic E-state index is -0.586. The van der Waals surface area contributed by atoms with Crippen molar-refractivity contribution in [1.29, 1.82) is 0 Å². The van der Waals surface area contributed by atoms with Crippen LogP contribution in [0.1, 0.15) is 43.0 Å². The molecule has 1 aliphatic heterocycles. The number of nitrogens with two attached hydrogens (primary N) is 2. The van der Waals surface area contributed by atoms with Gasteiger partial charge < -0.3 is 20.9 Å². The van der Waals surface area contributed by atoms with Gasteiger partial charge in [-0.1, -0.05) is 12.1 Å². The van der Waals surface area contributed by atoms with Crippen molar-refractivity contribution in [3.63, 3.8) is 0 Å². The molecule has 1 aromatic heterocycles. The van der Waals surface area contributed by atoms with Crippen LogP contribution in [-0.4, -0.2) is 22.2 Å². The summed E-state index contributed by atoms with van der Waals surface area (Å²) in [6.07, 6.45) is 4.12. The summed E-state index contributed by atoms with van der Waals surface area (Å²) in [6.45, 7) is 6.32. The van der Waals surface area contributed by atoms with Crippen LogP contribution < -0.4 is 20.9 Å². The second-order valence-electron chi connectivity index (χ2n) is 7.99. The second kappa shape index (κ2) is 7.91. The van der Waals surface area contributed by atoms with Crippen molar-refractivity contribution < 1.29 is 13.9 Å². The average Bonchev–Trinajstić information content (AvgIpc) is 2.70. The first-order valence-corrected chi connectivity index (χ1v) is 10.1. The molecule has 31 heavy (non-hydrogen) atoms. The minimum Gasteiger partial charge on any atom is -0.490 e. The van der Waals surface area contributed by atoms with Crippen molar-refractivity contribution in [2.24, 2.45) is 0 Å². The molecule has 0 aliphatic carbocycles. The highest BCUT2D eigenvalue weighted by molar-refractivity contribution is 5.86. The van der Waals surface area contributed by atoms with Gasteiger partial charge in [-0.2, -0.15) is 4.98 Å². The maximum atomic E-state index is 14.0. The van der Waals surface area contributed by atoms with E-state index in [2.05, 4.69) is 9.97 Å². The molecule has 0 bridgehead atoms. The van der Waals surface area contributed by atoms with E-state index in [-0.39, 0.29) is 11.8 Å². The number of hydrogen-bond donors (Lipinski definition) is 2. The van der Waals surface area contributed by atoms with E-state index >= 15 is 0 Å². The number of nitrogens with zero attached hydrogens (tertiary/aromatic N) is 2. The van der Waals surface area contributed by atoms with Crippen molar-refractivity contribution in [3.8, 4) is 11.5 Å². The van der Waals surface area contributed by atoms with Gasteiger partial charge in [-0.05, 0) is 67.8 Å². The van der Waals surface area contributed by atoms with Crippen molar-refractivity contribution in [1.82, 2.24) is 9.97 Å². The second-order valence-corrected chi connectivity index (χ2v) is 7.99. The first-order valence-electron chi connectivity index (χ1n) is 10.1. The summed E-state index contributed by atoms with van der Waals surface area (Å²) in [7, 11) is 0. The van der Waals surface area contributed by atoms with Crippen molar-refractivity contribution in [3.05, 3.63) is 76.7 Å². The fourth-order valence-corrected chi connectivity index (χ4v) is 3.73. The van der Waals surface area contributed by atoms with Gasteiger partial charge in [-0.15, -0.1) is 0 Å². The molecule has 2 heterocycles. The molecule has 6 nitrogen and oxygen atoms in total. The first-order chi connectivity index (χ1) is 14.8. The number of rotatable bonds is 5. The third kappa shape index (κ3) is 4.30. The highest BCUT2D eigenvalue weighted by Gasteiger charge is 2.30. The lowest BCUT2D eigenvalue weighted by Gasteiger charge is -2.33. The van der Waals surface area contributed by atoms with Crippen LogP contribution in [0.4, 0.5) is 16.2 Å². The SMILES string of the molecule is CCOc1cc(Cc2cnc(N)nc2N)cc2c1OC(C)(C)C=C2c1cccc(F)c1. The predicted molar refractivity (Wildman–Crippen MR) is 119 cm³/mol. The highest BCUT2D eigenvalue weighted by atomic mass is 19.1. The molecule has 1 aliphatic rings. The summed E-state index contributed by atoms with van der Waals surface area (Å²) >= 11 is 0. The predicted octanol–water partition coefficient (Wildman–Crippen LogP) is 4.37. The molecule has 3 aromatic rings. The topological polar surface area (TPSA) is 96.3 Å². The van der Waals surface area contributed by atoms with E-state index in [1.807, 2.05) is 45.0 Å². The van der Waals surface area contributed by atoms with E-state index in [1.54, 1.807) is 12.3 Å². The van der Waals surface area contributed by atoms with Crippen LogP contribution in [0, 0.1) is 5.82 Å². The first kappa shape index (κ1) is 20.7. The van der Waals surface area contributed by atoms with Crippen LogP contribution in [-0.2, 0) is 6.42 Å². The van der Waals surface area contributed by atoms with E-state index in [4.69, 9.17) is 20.9 Å². The quantitative estimate of drug-likeness (QED) is 0.636. The van der Waals surface area contributed by atoms with Crippen LogP contribution in [0.5, 0.6) is 11.5 Å². The van der Waals surface area contributed by atoms with Gasteiger partial charge in [0.25, 0.3) is 0 Å². The molecule has 0 saturated carbocycles. The van der Waals surface area contributed by atoms with Gasteiger partial charge in [0.2, 0.25) is 5.95 Å². The van der Waals surface area contributed by atoms with Gasteiger partial charge in [0, 0.05) is 23.7 Å². The van der Waals surface area contributed by atoms with E-state index in [9.17, 15) is 4.39 Å². The molecule has 0 spiro atoms. The van der Waals surface area contributed by atoms with E-state index in [0.29, 0.717) is 30.3 Å². The summed E-state index contributed by atoms with van der Waals surface area (Å²) < 4.78 is 26.2. The minimum absolute atomic E-state index is 0.133. The molecular formula is C24H25FN4O2. The monoisotopic (exact) mass is 420 g/mol. The van der Waals surface area contributed by atoms with Crippen molar-refractivity contribution >= 4 is 17.3 Å². The van der Waals surface area contributed by atoms with Gasteiger partial charge >= 0.3 is 0 Å². The van der Waals surface area contributed by atoms with Crippen LogP contribution >= 0.6 is 0 Å². The van der Waals surface area contributed by atoms with Gasteiger partial charge in [-0.3, -0.25) is 0 Å². The standard InChI is InChI=1S/C24H25FN4O2/c1-4-30-20-10-14(8-16-13-28-23(27)29-22(16)26)9-18-19(12-24(2,3)31-21(18)20)15-6-5-7-17(25)11-15/h5-7,9-13H,4,8H2,1-3H3,(H4,26,27,28,29). The van der Waals surface area contributed by atoms with E-state index < -0.39 is 5.60 Å². The Kier molecular flexibility index (Phi) is 5.27. The van der Waals surface area contributed by atoms with Gasteiger partial charge in [-0.25, -0.2) is 9.37 Å². The van der Waals surface area contributed by atoms with Crippen LogP contribution in [0.25, 0.3) is 5.57 Å². The third-order valence-electron chi connectivity index (χ3n) is 5.01. The summed E-state index contributed by atoms with van der Waals surface area (Å²) in [5, 5.41) is 0. The zero-order valence-corrected chi connectivity index (χ0v) is 17.8. The normalized spacial score (nSPS) is 14.4. The Morgan fingerprint density at radius 2 is 1.97 bits per heavy atom. The number of halogens is 1. The number of benzene rings is 2. The average molecular weight is 420 g/mol. The molecule has 7 heteroatoms. The van der Waals surface area contributed by atoms with Crippen LogP contribution in [0.2, 0.25) is 0 Å². The van der Waals surface area contributed by atoms with Gasteiger partial charge in [0.1, 0.15) is 17.2 Å². The Bertz CT molecular complexity index is 1170. The summed E-state index contributed by atoms with van der Waals surface area (Å²) in [5.41, 5.74) is 15.2. The summed E-state index contributed by atoms with van der Waals surface area (Å²) in [6, 6.07) is 10.5. The Balaban J connectivity index is 1.87. The van der Waals surface area contributed by atoms with Gasteiger partial charge in [0.05, 0.1) is 6.61 Å². The van der Waals surface area contributed by atoms with E-state index in [0.717, 1.165) is 27.8 Å². The number of fused-ring (bicyclic) bond motifs is 1. The number of nitrogen functional groups attached to an aromatic ring is 2. The molecule has 0 atom stereocenters. The van der Waals surface area contributed by atoms with Crippen molar-refractivity contribution in [2.45, 2.75) is 32.8 Å². The largest absolute Gasteiger partial charge is 0.490 e. The van der Waals surface area contributed by atoms with Crippen LogP contribution in [0.3, 0.4) is 0 Å². The Labute approximate surface area is 180 Å². The Morgan fingerprint density at radius 1 is 1.16 bits per heavy atom. The van der Waals surface area contributed by atoms with Crippen molar-refractivity contribution in [2.75, 3.05) is 18.1 Å². The summed E-state index contributed by atoms with van der Waals surface area (Å²) in [4.78, 5) is 8.09. The fourth-order valence-electron chi connectivity index (χ4n) is 3.73. The molecule has 0 unspecified atom stereocenters. The molecule has 0 radical (unpaired) electrons. The zero-order valence-electron chi connectivity index (χ0n) is 17.8. The molecule has 0 fully saturated rings. The molecule has 0 amide bonds. The number of ether oxygens (including phenoxy) is 2. The lowest BCUT2D eigenvalue weighted by atomic mass is 9.88. The molecule has 0 saturated heterocycles. The Hall–Kier alpha value is -3.61. The van der Waals surface area contributed by atoms with Gasteiger partial charge in [0.15, 0.2) is 11.5 Å². The lowest BCUT2D eigenvalue weighted by Crippen LogP contribution is -2.29. The molecule has 2 aromatic carbocycles. The number of hydrogen-bond acceptors (Lipinski definition) is 6. The molecule has 4 rings (SSSR count). The lowest BCUT2D eigenvalue weighted by molar-refractivity contribution is 0.149. The highest BCUT2D eigenvalue weighted by Crippen LogP contribution is 2.46. The number of aromatic nitrogens is 2. The van der Waals surface area contributed by atoms with Crippen LogP contribution in [0.15, 0.2) is 48.7 Å². The Morgan fingerprint density at radius 3 is 2.68 bits per heavy atom. The maximum absolute atomic E-state index is 14.0. The smallest absolute Gasteiger partial charge is 0.221 e. The summed E-state index contributed by atoms with van der Waals surface area (Å²) in [5.74, 6) is 1.44. The maximum Gasteiger partial charge on any atom is 0.221 e. The zero-order chi connectivity index (χ0) is 22.2. The molecule has 4 N–H and O–H groups in total. The fraction of sp³-hybridized carbons (Fsp3) is 0.250. The third-order valence-corrected chi connectivity index (χ3v) is 5.01. The molecule has 160 valence electrons. The van der Waals surface area contributed by atoms with E-state index in [1.165, 1.54) is 12.1 Å². The molecular weight excluding hydrogens is 395 g/mol. The number of anilines is 2.